The van der Waals surface area contributed by atoms with Crippen molar-refractivity contribution in [2.75, 3.05) is 0 Å². The molecule has 0 fully saturated rings. The number of unbranched alkanes of at least 4 members (excludes halogenated alkanes) is 2. The van der Waals surface area contributed by atoms with Crippen molar-refractivity contribution in [3.05, 3.63) is 43.8 Å². The van der Waals surface area contributed by atoms with E-state index in [-0.39, 0.29) is 32.0 Å². The van der Waals surface area contributed by atoms with Crippen molar-refractivity contribution >= 4 is 55.8 Å². The molecule has 0 aliphatic carbocycles. The summed E-state index contributed by atoms with van der Waals surface area (Å²) in [6.07, 6.45) is 5.84. The van der Waals surface area contributed by atoms with Crippen molar-refractivity contribution in [2.24, 2.45) is 0 Å². The fraction of sp³-hybridized carbons (Fsp3) is 0.615. The molecule has 0 saturated carbocycles. The number of rotatable bonds is 8. The summed E-state index contributed by atoms with van der Waals surface area (Å²) in [5.41, 5.74) is 2.13. The van der Waals surface area contributed by atoms with Gasteiger partial charge < -0.3 is 19.8 Å². The van der Waals surface area contributed by atoms with Gasteiger partial charge in [-0.2, -0.15) is 0 Å². The molecule has 7 heteroatoms. The molecule has 2 aromatic rings. The molecular weight excluding hydrogens is 559 g/mol. The molecule has 33 heavy (non-hydrogen) atoms. The van der Waals surface area contributed by atoms with Gasteiger partial charge in [0.1, 0.15) is 0 Å². The molecule has 2 heterocycles. The Balaban J connectivity index is 0.000000472. The Morgan fingerprint density at radius 1 is 0.758 bits per heavy atom. The molecule has 0 aliphatic rings. The Morgan fingerprint density at radius 2 is 1.09 bits per heavy atom. The third-order valence-corrected chi connectivity index (χ3v) is 10.6. The van der Waals surface area contributed by atoms with Gasteiger partial charge in [0.05, 0.1) is 21.7 Å². The van der Waals surface area contributed by atoms with Crippen LogP contribution in [0.5, 0.6) is 0 Å². The fourth-order valence-electron chi connectivity index (χ4n) is 2.40. The number of carboxylic acids is 2. The van der Waals surface area contributed by atoms with Crippen molar-refractivity contribution in [1.82, 2.24) is 0 Å². The molecule has 4 nitrogen and oxygen atoms in total. The Labute approximate surface area is 219 Å². The Hall–Kier alpha value is -0.861. The van der Waals surface area contributed by atoms with Gasteiger partial charge in [-0.3, -0.25) is 0 Å². The predicted octanol–water partition coefficient (Wildman–Crippen LogP) is 5.95. The predicted molar refractivity (Wildman–Crippen MR) is 140 cm³/mol. The summed E-state index contributed by atoms with van der Waals surface area (Å²) in [6, 6.07) is 3.36. The van der Waals surface area contributed by atoms with E-state index in [0.29, 0.717) is 9.75 Å². The number of aromatic carboxylic acids is 2. The molecule has 0 unspecified atom stereocenters. The minimum atomic E-state index is -1.09. The van der Waals surface area contributed by atoms with E-state index in [1.807, 2.05) is 52.3 Å². The zero-order chi connectivity index (χ0) is 25.7. The molecule has 184 valence electrons. The van der Waals surface area contributed by atoms with Gasteiger partial charge in [0, 0.05) is 0 Å². The van der Waals surface area contributed by atoms with E-state index in [1.54, 1.807) is 21.0 Å². The summed E-state index contributed by atoms with van der Waals surface area (Å²) >= 11 is 2.59. The van der Waals surface area contributed by atoms with Crippen LogP contribution in [0, 0.1) is 0 Å². The molecule has 0 saturated heterocycles. The van der Waals surface area contributed by atoms with Crippen molar-refractivity contribution in [3.63, 3.8) is 0 Å². The average Bonchev–Trinajstić information content (AvgIpc) is 3.38. The maximum absolute atomic E-state index is 10.4. The third kappa shape index (κ3) is 14.2. The standard InChI is InChI=1S/2C9H12O2S.2C4H9.Sn/c2*1-9(2,3)6-4-7(8(10)11)12-5-6;2*1-3-4-2;/h2*4-5H,1-3H3,(H,10,11);2*1,3-4H2,2H3;/q;;;;+2/p-2. The molecule has 0 aromatic carbocycles. The van der Waals surface area contributed by atoms with Crippen LogP contribution in [0.4, 0.5) is 0 Å². The van der Waals surface area contributed by atoms with Crippen LogP contribution in [-0.4, -0.2) is 33.1 Å². The van der Waals surface area contributed by atoms with Gasteiger partial charge in [-0.25, -0.2) is 0 Å². The SMILES string of the molecule is CC(C)(C)c1csc(C(=O)[O-])c1.CC(C)(C)c1csc(C(=O)[O-])c1.CCC[CH2][Sn+2][CH2]CCC. The molecule has 0 spiro atoms. The van der Waals surface area contributed by atoms with Crippen molar-refractivity contribution < 1.29 is 19.8 Å². The van der Waals surface area contributed by atoms with Crippen molar-refractivity contribution in [1.29, 1.82) is 0 Å². The monoisotopic (exact) mass is 600 g/mol. The van der Waals surface area contributed by atoms with Gasteiger partial charge in [0.25, 0.3) is 0 Å². The molecule has 0 atom stereocenters. The summed E-state index contributed by atoms with van der Waals surface area (Å²) in [5.74, 6) is -2.17. The second-order valence-electron chi connectivity index (χ2n) is 9.93. The van der Waals surface area contributed by atoms with E-state index >= 15 is 0 Å². The third-order valence-electron chi connectivity index (χ3n) is 4.75. The maximum atomic E-state index is 10.4. The first-order valence-electron chi connectivity index (χ1n) is 11.5. The number of carbonyl (C=O) groups is 2. The summed E-state index contributed by atoms with van der Waals surface area (Å²) in [5, 5.41) is 24.6. The van der Waals surface area contributed by atoms with Crippen LogP contribution in [0.15, 0.2) is 22.9 Å². The average molecular weight is 599 g/mol. The molecule has 0 amide bonds. The molecule has 0 N–H and O–H groups in total. The van der Waals surface area contributed by atoms with E-state index < -0.39 is 11.9 Å². The summed E-state index contributed by atoms with van der Waals surface area (Å²) in [4.78, 5) is 21.5. The first kappa shape index (κ1) is 32.1. The van der Waals surface area contributed by atoms with E-state index in [2.05, 4.69) is 13.8 Å². The van der Waals surface area contributed by atoms with Gasteiger partial charge >= 0.3 is 69.5 Å². The molecule has 0 bridgehead atoms. The number of carboxylic acid groups (broad SMARTS) is 2. The van der Waals surface area contributed by atoms with Crippen LogP contribution in [0.3, 0.4) is 0 Å². The molecular formula is C26H40O4S2Sn. The summed E-state index contributed by atoms with van der Waals surface area (Å²) in [6.45, 7) is 16.9. The van der Waals surface area contributed by atoms with Gasteiger partial charge in [0.2, 0.25) is 0 Å². The van der Waals surface area contributed by atoms with E-state index in [4.69, 9.17) is 0 Å². The van der Waals surface area contributed by atoms with Crippen LogP contribution >= 0.6 is 22.7 Å². The van der Waals surface area contributed by atoms with Gasteiger partial charge in [-0.1, -0.05) is 41.5 Å². The van der Waals surface area contributed by atoms with Crippen LogP contribution in [0.25, 0.3) is 0 Å². The van der Waals surface area contributed by atoms with E-state index in [1.165, 1.54) is 48.4 Å². The summed E-state index contributed by atoms with van der Waals surface area (Å²) < 4.78 is 3.25. The first-order chi connectivity index (χ1) is 15.2. The second-order valence-corrected chi connectivity index (χ2v) is 16.0. The van der Waals surface area contributed by atoms with E-state index in [9.17, 15) is 19.8 Å². The molecule has 2 rings (SSSR count). The number of carbonyl (C=O) groups excluding carboxylic acids is 2. The number of hydrogen-bond acceptors (Lipinski definition) is 6. The fourth-order valence-corrected chi connectivity index (χ4v) is 8.49. The van der Waals surface area contributed by atoms with Gasteiger partial charge in [-0.15, -0.1) is 22.7 Å². The van der Waals surface area contributed by atoms with Crippen LogP contribution in [-0.2, 0) is 10.8 Å². The zero-order valence-electron chi connectivity index (χ0n) is 21.5. The molecule has 2 aromatic heterocycles. The zero-order valence-corrected chi connectivity index (χ0v) is 26.0. The van der Waals surface area contributed by atoms with Crippen LogP contribution in [0.1, 0.15) is 112 Å². The second kappa shape index (κ2) is 15.9. The Kier molecular flexibility index (Phi) is 15.5. The van der Waals surface area contributed by atoms with E-state index in [0.717, 1.165) is 11.1 Å². The Bertz CT molecular complexity index is 758. The minimum absolute atomic E-state index is 0.0181. The topological polar surface area (TPSA) is 80.3 Å². The van der Waals surface area contributed by atoms with Crippen molar-refractivity contribution in [3.8, 4) is 0 Å². The molecule has 0 aliphatic heterocycles. The first-order valence-corrected chi connectivity index (χ1v) is 17.3. The van der Waals surface area contributed by atoms with Crippen LogP contribution in [0.2, 0.25) is 8.87 Å². The normalized spacial score (nSPS) is 10.9. The van der Waals surface area contributed by atoms with Gasteiger partial charge in [-0.05, 0) is 44.8 Å². The van der Waals surface area contributed by atoms with Gasteiger partial charge in [0.15, 0.2) is 0 Å². The van der Waals surface area contributed by atoms with Crippen LogP contribution < -0.4 is 10.2 Å². The van der Waals surface area contributed by atoms with Crippen molar-refractivity contribution in [2.45, 2.75) is 101 Å². The summed E-state index contributed by atoms with van der Waals surface area (Å²) in [7, 11) is 0. The Morgan fingerprint density at radius 3 is 1.27 bits per heavy atom. The number of thiophene rings is 2. The number of hydrogen-bond donors (Lipinski definition) is 0. The quantitative estimate of drug-likeness (QED) is 0.278. The molecule has 0 radical (unpaired) electrons.